The van der Waals surface area contributed by atoms with Crippen LogP contribution < -0.4 is 10.6 Å². The monoisotopic (exact) mass is 224 g/mol. The predicted octanol–water partition coefficient (Wildman–Crippen LogP) is 0.584. The van der Waals surface area contributed by atoms with E-state index in [2.05, 4.69) is 5.32 Å². The van der Waals surface area contributed by atoms with E-state index in [0.29, 0.717) is 5.76 Å². The summed E-state index contributed by atoms with van der Waals surface area (Å²) < 4.78 is 4.97. The highest BCUT2D eigenvalue weighted by atomic mass is 16.3. The van der Waals surface area contributed by atoms with Crippen LogP contribution in [0.5, 0.6) is 0 Å². The minimum Gasteiger partial charge on any atom is -0.467 e. The lowest BCUT2D eigenvalue weighted by Gasteiger charge is -2.03. The molecule has 1 aromatic heterocycles. The van der Waals surface area contributed by atoms with Crippen LogP contribution in [0.4, 0.5) is 4.79 Å². The van der Waals surface area contributed by atoms with Gasteiger partial charge in [-0.05, 0) is 19.1 Å². The largest absolute Gasteiger partial charge is 0.467 e. The Morgan fingerprint density at radius 1 is 1.38 bits per heavy atom. The van der Waals surface area contributed by atoms with E-state index in [0.717, 1.165) is 0 Å². The third kappa shape index (κ3) is 4.41. The molecule has 0 radical (unpaired) electrons. The number of nitrogens with one attached hydrogen (secondary N) is 2. The highest BCUT2D eigenvalue weighted by Gasteiger charge is 2.09. The smallest absolute Gasteiger partial charge is 0.321 e. The van der Waals surface area contributed by atoms with E-state index in [1.807, 2.05) is 5.32 Å². The summed E-state index contributed by atoms with van der Waals surface area (Å²) in [7, 11) is 0. The van der Waals surface area contributed by atoms with Gasteiger partial charge in [0.2, 0.25) is 5.91 Å². The number of urea groups is 1. The van der Waals surface area contributed by atoms with Crippen molar-refractivity contribution in [2.75, 3.05) is 0 Å². The van der Waals surface area contributed by atoms with Crippen LogP contribution in [0.3, 0.4) is 0 Å². The SMILES string of the molecule is CC(=O)CC(=O)NC(=O)NCc1ccco1. The van der Waals surface area contributed by atoms with Crippen molar-refractivity contribution >= 4 is 17.7 Å². The number of furan rings is 1. The number of imide groups is 1. The molecule has 0 aliphatic heterocycles. The summed E-state index contributed by atoms with van der Waals surface area (Å²) in [4.78, 5) is 32.7. The first-order valence-corrected chi connectivity index (χ1v) is 4.67. The van der Waals surface area contributed by atoms with Crippen molar-refractivity contribution in [1.82, 2.24) is 10.6 Å². The summed E-state index contributed by atoms with van der Waals surface area (Å²) in [6, 6.07) is 2.73. The zero-order chi connectivity index (χ0) is 12.0. The maximum atomic E-state index is 11.1. The van der Waals surface area contributed by atoms with Gasteiger partial charge < -0.3 is 9.73 Å². The second-order valence-electron chi connectivity index (χ2n) is 3.19. The number of ketones is 1. The van der Waals surface area contributed by atoms with E-state index in [1.165, 1.54) is 13.2 Å². The van der Waals surface area contributed by atoms with Gasteiger partial charge in [0.05, 0.1) is 19.2 Å². The topological polar surface area (TPSA) is 88.4 Å². The Hall–Kier alpha value is -2.11. The van der Waals surface area contributed by atoms with Crippen molar-refractivity contribution in [1.29, 1.82) is 0 Å². The van der Waals surface area contributed by atoms with E-state index < -0.39 is 11.9 Å². The molecule has 0 spiro atoms. The van der Waals surface area contributed by atoms with Gasteiger partial charge in [-0.2, -0.15) is 0 Å². The van der Waals surface area contributed by atoms with E-state index in [-0.39, 0.29) is 18.7 Å². The van der Waals surface area contributed by atoms with E-state index in [4.69, 9.17) is 4.42 Å². The fraction of sp³-hybridized carbons (Fsp3) is 0.300. The third-order valence-corrected chi connectivity index (χ3v) is 1.67. The number of hydrogen-bond acceptors (Lipinski definition) is 4. The lowest BCUT2D eigenvalue weighted by Crippen LogP contribution is -2.39. The highest BCUT2D eigenvalue weighted by Crippen LogP contribution is 1.97. The van der Waals surface area contributed by atoms with Gasteiger partial charge in [-0.1, -0.05) is 0 Å². The maximum Gasteiger partial charge on any atom is 0.321 e. The first kappa shape index (κ1) is 12.0. The number of carbonyl (C=O) groups is 3. The van der Waals surface area contributed by atoms with Crippen molar-refractivity contribution in [2.24, 2.45) is 0 Å². The molecule has 0 unspecified atom stereocenters. The van der Waals surface area contributed by atoms with Crippen LogP contribution in [0.15, 0.2) is 22.8 Å². The van der Waals surface area contributed by atoms with Gasteiger partial charge in [0, 0.05) is 0 Å². The Kier molecular flexibility index (Phi) is 4.26. The molecular weight excluding hydrogens is 212 g/mol. The molecule has 0 fully saturated rings. The molecule has 3 amide bonds. The van der Waals surface area contributed by atoms with E-state index in [9.17, 15) is 14.4 Å². The lowest BCUT2D eigenvalue weighted by atomic mass is 10.3. The molecule has 6 nitrogen and oxygen atoms in total. The summed E-state index contributed by atoms with van der Waals surface area (Å²) >= 11 is 0. The number of Topliss-reactive ketones (excluding diaryl/α,β-unsaturated/α-hetero) is 1. The summed E-state index contributed by atoms with van der Waals surface area (Å²) in [5.74, 6) is -0.338. The van der Waals surface area contributed by atoms with Crippen LogP contribution in [0, 0.1) is 0 Å². The van der Waals surface area contributed by atoms with E-state index >= 15 is 0 Å². The average Bonchev–Trinajstić information content (AvgIpc) is 2.65. The molecule has 1 rings (SSSR count). The minimum absolute atomic E-state index is 0.187. The van der Waals surface area contributed by atoms with Gasteiger partial charge in [0.15, 0.2) is 0 Å². The van der Waals surface area contributed by atoms with Crippen molar-refractivity contribution in [2.45, 2.75) is 19.9 Å². The quantitative estimate of drug-likeness (QED) is 0.732. The van der Waals surface area contributed by atoms with Crippen LogP contribution in [-0.4, -0.2) is 17.7 Å². The molecule has 6 heteroatoms. The van der Waals surface area contributed by atoms with Gasteiger partial charge in [-0.3, -0.25) is 14.9 Å². The molecule has 0 saturated heterocycles. The van der Waals surface area contributed by atoms with Crippen LogP contribution in [0.25, 0.3) is 0 Å². The summed E-state index contributed by atoms with van der Waals surface area (Å²) in [6.07, 6.45) is 1.18. The van der Waals surface area contributed by atoms with Crippen LogP contribution >= 0.6 is 0 Å². The number of rotatable bonds is 4. The molecule has 0 atom stereocenters. The van der Waals surface area contributed by atoms with Gasteiger partial charge in [0.1, 0.15) is 11.5 Å². The normalized spacial score (nSPS) is 9.56. The first-order chi connectivity index (χ1) is 7.58. The third-order valence-electron chi connectivity index (χ3n) is 1.67. The van der Waals surface area contributed by atoms with Crippen LogP contribution in [0.2, 0.25) is 0 Å². The van der Waals surface area contributed by atoms with Gasteiger partial charge in [-0.15, -0.1) is 0 Å². The molecular formula is C10H12N2O4. The summed E-state index contributed by atoms with van der Waals surface area (Å²) in [5.41, 5.74) is 0. The van der Waals surface area contributed by atoms with Crippen LogP contribution in [-0.2, 0) is 16.1 Å². The van der Waals surface area contributed by atoms with Gasteiger partial charge >= 0.3 is 6.03 Å². The first-order valence-electron chi connectivity index (χ1n) is 4.67. The summed E-state index contributed by atoms with van der Waals surface area (Å²) in [5, 5.41) is 4.44. The Morgan fingerprint density at radius 3 is 2.69 bits per heavy atom. The molecule has 0 aliphatic rings. The Morgan fingerprint density at radius 2 is 2.12 bits per heavy atom. The molecule has 0 aliphatic carbocycles. The van der Waals surface area contributed by atoms with Crippen molar-refractivity contribution in [3.8, 4) is 0 Å². The molecule has 0 aromatic carbocycles. The molecule has 86 valence electrons. The number of amides is 3. The molecule has 1 heterocycles. The second-order valence-corrected chi connectivity index (χ2v) is 3.19. The standard InChI is InChI=1S/C10H12N2O4/c1-7(13)5-9(14)12-10(15)11-6-8-3-2-4-16-8/h2-4H,5-6H2,1H3,(H2,11,12,14,15). The zero-order valence-electron chi connectivity index (χ0n) is 8.78. The van der Waals surface area contributed by atoms with Crippen LogP contribution in [0.1, 0.15) is 19.1 Å². The predicted molar refractivity (Wildman–Crippen MR) is 54.4 cm³/mol. The molecule has 0 saturated carbocycles. The Labute approximate surface area is 92.0 Å². The van der Waals surface area contributed by atoms with Crippen molar-refractivity contribution < 1.29 is 18.8 Å². The number of carbonyl (C=O) groups excluding carboxylic acids is 3. The molecule has 16 heavy (non-hydrogen) atoms. The summed E-state index contributed by atoms with van der Waals surface area (Å²) in [6.45, 7) is 1.46. The highest BCUT2D eigenvalue weighted by molar-refractivity contribution is 6.03. The second kappa shape index (κ2) is 5.69. The van der Waals surface area contributed by atoms with Gasteiger partial charge in [0.25, 0.3) is 0 Å². The zero-order valence-corrected chi connectivity index (χ0v) is 8.78. The van der Waals surface area contributed by atoms with Crippen molar-refractivity contribution in [3.05, 3.63) is 24.2 Å². The molecule has 2 N–H and O–H groups in total. The minimum atomic E-state index is -0.650. The molecule has 1 aromatic rings. The number of hydrogen-bond donors (Lipinski definition) is 2. The fourth-order valence-electron chi connectivity index (χ4n) is 1.02. The fourth-order valence-corrected chi connectivity index (χ4v) is 1.02. The molecule has 0 bridgehead atoms. The maximum absolute atomic E-state index is 11.1. The van der Waals surface area contributed by atoms with Gasteiger partial charge in [-0.25, -0.2) is 4.79 Å². The van der Waals surface area contributed by atoms with E-state index in [1.54, 1.807) is 12.1 Å². The van der Waals surface area contributed by atoms with Crippen molar-refractivity contribution in [3.63, 3.8) is 0 Å². The Balaban J connectivity index is 2.25. The Bertz CT molecular complexity index is 384. The average molecular weight is 224 g/mol. The lowest BCUT2D eigenvalue weighted by molar-refractivity contribution is -0.126.